The molecule has 0 N–H and O–H groups in total. The van der Waals surface area contributed by atoms with Gasteiger partial charge in [-0.1, -0.05) is 53.3 Å². The van der Waals surface area contributed by atoms with Crippen LogP contribution in [0, 0.1) is 0 Å². The molecule has 3 heterocycles. The maximum Gasteiger partial charge on any atom is 0.338 e. The van der Waals surface area contributed by atoms with Crippen molar-refractivity contribution in [3.05, 3.63) is 95.6 Å². The number of hydrogen-bond acceptors (Lipinski definition) is 7. The van der Waals surface area contributed by atoms with Gasteiger partial charge in [0.2, 0.25) is 5.91 Å². The van der Waals surface area contributed by atoms with E-state index < -0.39 is 29.4 Å². The van der Waals surface area contributed by atoms with Gasteiger partial charge < -0.3 is 4.74 Å². The summed E-state index contributed by atoms with van der Waals surface area (Å²) in [6, 6.07) is 12.8. The van der Waals surface area contributed by atoms with Crippen LogP contribution in [0.4, 0.5) is 5.69 Å². The highest BCUT2D eigenvalue weighted by Gasteiger charge is 2.38. The van der Waals surface area contributed by atoms with Crippen molar-refractivity contribution in [2.45, 2.75) is 19.9 Å². The summed E-state index contributed by atoms with van der Waals surface area (Å²) in [5.74, 6) is -1.64. The van der Waals surface area contributed by atoms with Crippen molar-refractivity contribution in [2.24, 2.45) is 4.99 Å². The van der Waals surface area contributed by atoms with Crippen molar-refractivity contribution in [3.63, 3.8) is 0 Å². The summed E-state index contributed by atoms with van der Waals surface area (Å²) in [5, 5.41) is 0.501. The fraction of sp³-hybridized carbons (Fsp3) is 0.160. The van der Waals surface area contributed by atoms with Crippen LogP contribution in [-0.4, -0.2) is 29.5 Å². The first kappa shape index (κ1) is 22.9. The first-order valence-electron chi connectivity index (χ1n) is 10.6. The van der Waals surface area contributed by atoms with E-state index in [4.69, 9.17) is 16.3 Å². The number of methoxy groups -OCH3 is 1. The molecule has 5 rings (SSSR count). The zero-order valence-corrected chi connectivity index (χ0v) is 20.4. The van der Waals surface area contributed by atoms with Gasteiger partial charge in [0.25, 0.3) is 11.5 Å². The molecule has 35 heavy (non-hydrogen) atoms. The van der Waals surface area contributed by atoms with E-state index >= 15 is 0 Å². The van der Waals surface area contributed by atoms with E-state index in [2.05, 4.69) is 4.99 Å². The predicted octanol–water partition coefficient (Wildman–Crippen LogP) is 2.32. The molecular formula is C25H18ClN3O5S. The molecule has 10 heteroatoms. The van der Waals surface area contributed by atoms with Crippen LogP contribution in [0.1, 0.15) is 31.0 Å². The predicted molar refractivity (Wildman–Crippen MR) is 131 cm³/mol. The third kappa shape index (κ3) is 3.46. The van der Waals surface area contributed by atoms with E-state index in [1.807, 2.05) is 0 Å². The van der Waals surface area contributed by atoms with E-state index in [1.165, 1.54) is 18.6 Å². The molecule has 176 valence electrons. The van der Waals surface area contributed by atoms with Gasteiger partial charge in [0.15, 0.2) is 4.80 Å². The van der Waals surface area contributed by atoms with Crippen molar-refractivity contribution in [1.29, 1.82) is 0 Å². The van der Waals surface area contributed by atoms with Crippen LogP contribution < -0.4 is 19.8 Å². The lowest BCUT2D eigenvalue weighted by atomic mass is 9.96. The normalized spacial score (nSPS) is 18.2. The van der Waals surface area contributed by atoms with Gasteiger partial charge in [-0.2, -0.15) is 0 Å². The number of rotatable bonds is 2. The van der Waals surface area contributed by atoms with Gasteiger partial charge in [-0.15, -0.1) is 0 Å². The Morgan fingerprint density at radius 2 is 1.77 bits per heavy atom. The summed E-state index contributed by atoms with van der Waals surface area (Å²) in [5.41, 5.74) is 1.79. The van der Waals surface area contributed by atoms with Gasteiger partial charge in [0.05, 0.1) is 35.7 Å². The van der Waals surface area contributed by atoms with E-state index in [1.54, 1.807) is 55.5 Å². The molecule has 2 aliphatic rings. The highest BCUT2D eigenvalue weighted by Crippen LogP contribution is 2.35. The highest BCUT2D eigenvalue weighted by atomic mass is 35.5. The lowest BCUT2D eigenvalue weighted by molar-refractivity contribution is -0.136. The maximum atomic E-state index is 13.9. The number of thiazole rings is 1. The Balaban J connectivity index is 1.85. The summed E-state index contributed by atoms with van der Waals surface area (Å²) >= 11 is 7.11. The van der Waals surface area contributed by atoms with Crippen molar-refractivity contribution in [1.82, 2.24) is 4.57 Å². The number of anilines is 1. The van der Waals surface area contributed by atoms with Crippen LogP contribution in [-0.2, 0) is 19.1 Å². The third-order valence-electron chi connectivity index (χ3n) is 5.96. The molecule has 2 aliphatic heterocycles. The zero-order valence-electron chi connectivity index (χ0n) is 18.9. The van der Waals surface area contributed by atoms with Crippen LogP contribution in [0.25, 0.3) is 5.57 Å². The van der Waals surface area contributed by atoms with Crippen molar-refractivity contribution in [3.8, 4) is 0 Å². The summed E-state index contributed by atoms with van der Waals surface area (Å²) < 4.78 is 6.53. The molecule has 0 fully saturated rings. The standard InChI is InChI=1S/C25H18ClN3O5S/c1-12-18(24(33)34-3)20(14-8-10-15(26)11-9-14)29-23(32)21(35-25(29)27-12)19-16-6-4-5-7-17(16)28(13(2)30)22(19)31/h4-11,20H,1-3H3/b21-19+/t20-/m1/s1. The summed E-state index contributed by atoms with van der Waals surface area (Å²) in [4.78, 5) is 58.1. The van der Waals surface area contributed by atoms with E-state index in [-0.39, 0.29) is 15.7 Å². The summed E-state index contributed by atoms with van der Waals surface area (Å²) in [6.45, 7) is 2.97. The number of amides is 2. The van der Waals surface area contributed by atoms with Gasteiger partial charge in [-0.3, -0.25) is 19.0 Å². The van der Waals surface area contributed by atoms with E-state index in [0.717, 1.165) is 16.2 Å². The molecule has 0 spiro atoms. The average Bonchev–Trinajstić information content (AvgIpc) is 3.30. The number of aromatic nitrogens is 1. The smallest absolute Gasteiger partial charge is 0.338 e. The number of para-hydroxylation sites is 1. The van der Waals surface area contributed by atoms with Gasteiger partial charge >= 0.3 is 5.97 Å². The number of allylic oxidation sites excluding steroid dienone is 1. The van der Waals surface area contributed by atoms with Gasteiger partial charge in [0, 0.05) is 17.5 Å². The highest BCUT2D eigenvalue weighted by molar-refractivity contribution is 7.07. The molecule has 1 aromatic heterocycles. The Kier molecular flexibility index (Phi) is 5.53. The molecule has 0 unspecified atom stereocenters. The number of fused-ring (bicyclic) bond motifs is 2. The fourth-order valence-corrected chi connectivity index (χ4v) is 5.71. The van der Waals surface area contributed by atoms with Gasteiger partial charge in [-0.05, 0) is 30.7 Å². The molecule has 3 aromatic rings. The molecule has 0 saturated heterocycles. The molecule has 2 aromatic carbocycles. The Morgan fingerprint density at radius 1 is 1.09 bits per heavy atom. The van der Waals surface area contributed by atoms with Crippen LogP contribution in [0.15, 0.2) is 69.6 Å². The quantitative estimate of drug-likeness (QED) is 0.496. The van der Waals surface area contributed by atoms with E-state index in [9.17, 15) is 19.2 Å². The Bertz CT molecular complexity index is 1650. The number of ether oxygens (including phenoxy) is 1. The fourth-order valence-electron chi connectivity index (χ4n) is 4.45. The van der Waals surface area contributed by atoms with Crippen molar-refractivity contribution >= 4 is 52.0 Å². The molecule has 2 amide bonds. The number of carbonyl (C=O) groups excluding carboxylic acids is 3. The zero-order chi connectivity index (χ0) is 25.0. The van der Waals surface area contributed by atoms with Crippen LogP contribution in [0.2, 0.25) is 5.02 Å². The SMILES string of the molecule is COC(=O)C1=C(C)N=c2s/c(=C3/C(=O)N(C(C)=O)c4ccccc43)c(=O)n2[C@@H]1c1ccc(Cl)cc1. The summed E-state index contributed by atoms with van der Waals surface area (Å²) in [7, 11) is 1.26. The molecule has 0 radical (unpaired) electrons. The van der Waals surface area contributed by atoms with Crippen molar-refractivity contribution < 1.29 is 19.1 Å². The minimum Gasteiger partial charge on any atom is -0.466 e. The number of hydrogen-bond donors (Lipinski definition) is 0. The Labute approximate surface area is 208 Å². The Hall–Kier alpha value is -3.82. The van der Waals surface area contributed by atoms with Gasteiger partial charge in [0.1, 0.15) is 4.53 Å². The first-order valence-corrected chi connectivity index (χ1v) is 11.8. The Morgan fingerprint density at radius 3 is 2.43 bits per heavy atom. The maximum absolute atomic E-state index is 13.9. The minimum atomic E-state index is -0.832. The van der Waals surface area contributed by atoms with Crippen LogP contribution in [0.5, 0.6) is 0 Å². The van der Waals surface area contributed by atoms with Crippen LogP contribution >= 0.6 is 22.9 Å². The number of imide groups is 1. The molecular weight excluding hydrogens is 490 g/mol. The van der Waals surface area contributed by atoms with Crippen molar-refractivity contribution in [2.75, 3.05) is 12.0 Å². The lowest BCUT2D eigenvalue weighted by Gasteiger charge is -2.24. The second-order valence-electron chi connectivity index (χ2n) is 8.00. The number of esters is 1. The molecule has 0 bridgehead atoms. The third-order valence-corrected chi connectivity index (χ3v) is 7.27. The monoisotopic (exact) mass is 507 g/mol. The average molecular weight is 508 g/mol. The summed E-state index contributed by atoms with van der Waals surface area (Å²) in [6.07, 6.45) is 0. The second-order valence-corrected chi connectivity index (χ2v) is 9.41. The van der Waals surface area contributed by atoms with E-state index in [0.29, 0.717) is 32.3 Å². The molecule has 0 saturated carbocycles. The number of carbonyl (C=O) groups is 3. The lowest BCUT2D eigenvalue weighted by Crippen LogP contribution is -2.41. The number of nitrogens with zero attached hydrogens (tertiary/aromatic N) is 3. The second kappa shape index (κ2) is 8.44. The van der Waals surface area contributed by atoms with Gasteiger partial charge in [-0.25, -0.2) is 14.7 Å². The number of benzene rings is 2. The molecule has 1 atom stereocenters. The molecule has 8 nitrogen and oxygen atoms in total. The first-order chi connectivity index (χ1) is 16.7. The minimum absolute atomic E-state index is 0.134. The molecule has 0 aliphatic carbocycles. The van der Waals surface area contributed by atoms with Crippen LogP contribution in [0.3, 0.4) is 0 Å². The topological polar surface area (TPSA) is 98.0 Å². The number of halogens is 1. The largest absolute Gasteiger partial charge is 0.466 e.